The molecule has 0 aliphatic carbocycles. The topological polar surface area (TPSA) is 71.1 Å². The smallest absolute Gasteiger partial charge is 0.257 e. The predicted octanol–water partition coefficient (Wildman–Crippen LogP) is 3.91. The van der Waals surface area contributed by atoms with Gasteiger partial charge in [-0.25, -0.2) is 4.98 Å². The van der Waals surface area contributed by atoms with Crippen molar-refractivity contribution in [3.05, 3.63) is 81.8 Å². The Morgan fingerprint density at radius 2 is 1.88 bits per heavy atom. The van der Waals surface area contributed by atoms with Crippen molar-refractivity contribution in [1.82, 2.24) is 10.3 Å². The quantitative estimate of drug-likeness (QED) is 0.675. The van der Waals surface area contributed by atoms with Crippen LogP contribution in [0, 0.1) is 0 Å². The highest BCUT2D eigenvalue weighted by molar-refractivity contribution is 7.14. The Labute approximate surface area is 160 Å². The van der Waals surface area contributed by atoms with Crippen LogP contribution in [0.2, 0.25) is 5.02 Å². The fraction of sp³-hybridized carbons (Fsp3) is 0.105. The first-order valence-corrected chi connectivity index (χ1v) is 9.18. The molecule has 3 aromatic rings. The summed E-state index contributed by atoms with van der Waals surface area (Å²) in [6, 6.07) is 16.2. The van der Waals surface area contributed by atoms with Crippen LogP contribution in [-0.4, -0.2) is 16.8 Å². The van der Waals surface area contributed by atoms with Crippen LogP contribution in [0.4, 0.5) is 5.13 Å². The lowest BCUT2D eigenvalue weighted by molar-refractivity contribution is -0.120. The van der Waals surface area contributed by atoms with Gasteiger partial charge in [0.15, 0.2) is 5.13 Å². The summed E-state index contributed by atoms with van der Waals surface area (Å²) in [6.45, 7) is 0.404. The summed E-state index contributed by atoms with van der Waals surface area (Å²) < 4.78 is 0. The maximum atomic E-state index is 12.1. The number of halogens is 1. The number of carbonyl (C=O) groups is 2. The number of hydrogen-bond acceptors (Lipinski definition) is 4. The van der Waals surface area contributed by atoms with Crippen LogP contribution in [0.1, 0.15) is 21.6 Å². The summed E-state index contributed by atoms with van der Waals surface area (Å²) in [4.78, 5) is 28.4. The van der Waals surface area contributed by atoms with Crippen molar-refractivity contribution in [3.8, 4) is 0 Å². The molecule has 132 valence electrons. The first kappa shape index (κ1) is 18.1. The lowest BCUT2D eigenvalue weighted by Crippen LogP contribution is -2.24. The molecular weight excluding hydrogens is 370 g/mol. The van der Waals surface area contributed by atoms with Gasteiger partial charge in [-0.1, -0.05) is 41.9 Å². The summed E-state index contributed by atoms with van der Waals surface area (Å²) in [6.07, 6.45) is 0.151. The third kappa shape index (κ3) is 5.15. The predicted molar refractivity (Wildman–Crippen MR) is 104 cm³/mol. The largest absolute Gasteiger partial charge is 0.352 e. The third-order valence-electron chi connectivity index (χ3n) is 3.53. The molecule has 3 rings (SSSR count). The molecule has 7 heteroatoms. The monoisotopic (exact) mass is 385 g/mol. The van der Waals surface area contributed by atoms with Crippen molar-refractivity contribution >= 4 is 39.9 Å². The SMILES string of the molecule is O=C(Cc1csc(NC(=O)c2ccccc2)n1)NCc1cccc(Cl)c1. The van der Waals surface area contributed by atoms with Gasteiger partial charge >= 0.3 is 0 Å². The number of nitrogens with zero attached hydrogens (tertiary/aromatic N) is 1. The minimum Gasteiger partial charge on any atom is -0.352 e. The average Bonchev–Trinajstić information content (AvgIpc) is 3.07. The van der Waals surface area contributed by atoms with E-state index in [1.165, 1.54) is 11.3 Å². The Balaban J connectivity index is 1.51. The number of benzene rings is 2. The molecule has 0 atom stereocenters. The maximum absolute atomic E-state index is 12.1. The fourth-order valence-corrected chi connectivity index (χ4v) is 3.20. The number of thiazole rings is 1. The van der Waals surface area contributed by atoms with Crippen molar-refractivity contribution < 1.29 is 9.59 Å². The molecule has 0 unspecified atom stereocenters. The molecule has 0 saturated carbocycles. The van der Waals surface area contributed by atoms with E-state index < -0.39 is 0 Å². The van der Waals surface area contributed by atoms with E-state index in [2.05, 4.69) is 15.6 Å². The molecule has 0 bridgehead atoms. The summed E-state index contributed by atoms with van der Waals surface area (Å²) in [5.41, 5.74) is 2.10. The highest BCUT2D eigenvalue weighted by atomic mass is 35.5. The molecule has 2 amide bonds. The van der Waals surface area contributed by atoms with Gasteiger partial charge in [0.25, 0.3) is 5.91 Å². The van der Waals surface area contributed by atoms with Gasteiger partial charge in [-0.3, -0.25) is 14.9 Å². The van der Waals surface area contributed by atoms with Gasteiger partial charge in [0.1, 0.15) is 0 Å². The molecule has 0 saturated heterocycles. The number of nitrogens with one attached hydrogen (secondary N) is 2. The lowest BCUT2D eigenvalue weighted by Gasteiger charge is -2.04. The van der Waals surface area contributed by atoms with Gasteiger partial charge in [-0.05, 0) is 29.8 Å². The minimum atomic E-state index is -0.225. The Kier molecular flexibility index (Phi) is 5.99. The molecule has 26 heavy (non-hydrogen) atoms. The average molecular weight is 386 g/mol. The number of aromatic nitrogens is 1. The molecule has 0 radical (unpaired) electrons. The number of anilines is 1. The van der Waals surface area contributed by atoms with Crippen LogP contribution in [0.25, 0.3) is 0 Å². The number of rotatable bonds is 6. The van der Waals surface area contributed by atoms with Gasteiger partial charge in [-0.15, -0.1) is 11.3 Å². The molecule has 5 nitrogen and oxygen atoms in total. The molecule has 0 aliphatic rings. The molecule has 1 heterocycles. The maximum Gasteiger partial charge on any atom is 0.257 e. The van der Waals surface area contributed by atoms with E-state index in [0.29, 0.717) is 28.0 Å². The molecule has 2 aromatic carbocycles. The number of amides is 2. The molecule has 0 spiro atoms. The second-order valence-electron chi connectivity index (χ2n) is 5.55. The molecule has 2 N–H and O–H groups in total. The third-order valence-corrected chi connectivity index (χ3v) is 4.57. The van der Waals surface area contributed by atoms with Crippen LogP contribution in [0.15, 0.2) is 60.0 Å². The Bertz CT molecular complexity index is 912. The summed E-state index contributed by atoms with van der Waals surface area (Å²) in [7, 11) is 0. The van der Waals surface area contributed by atoms with Gasteiger partial charge in [0.2, 0.25) is 5.91 Å². The van der Waals surface area contributed by atoms with Crippen molar-refractivity contribution in [1.29, 1.82) is 0 Å². The summed E-state index contributed by atoms with van der Waals surface area (Å²) in [5.74, 6) is -0.367. The lowest BCUT2D eigenvalue weighted by atomic mass is 10.2. The molecule has 0 fully saturated rings. The summed E-state index contributed by atoms with van der Waals surface area (Å²) in [5, 5.41) is 8.44. The molecule has 0 aliphatic heterocycles. The Hall–Kier alpha value is -2.70. The second-order valence-corrected chi connectivity index (χ2v) is 6.84. The van der Waals surface area contributed by atoms with Crippen LogP contribution < -0.4 is 10.6 Å². The fourth-order valence-electron chi connectivity index (χ4n) is 2.28. The van der Waals surface area contributed by atoms with E-state index in [1.807, 2.05) is 24.3 Å². The zero-order valence-corrected chi connectivity index (χ0v) is 15.3. The van der Waals surface area contributed by atoms with Crippen LogP contribution in [0.5, 0.6) is 0 Å². The van der Waals surface area contributed by atoms with E-state index in [-0.39, 0.29) is 18.2 Å². The minimum absolute atomic E-state index is 0.142. The van der Waals surface area contributed by atoms with E-state index in [9.17, 15) is 9.59 Å². The summed E-state index contributed by atoms with van der Waals surface area (Å²) >= 11 is 7.21. The number of carbonyl (C=O) groups excluding carboxylic acids is 2. The van der Waals surface area contributed by atoms with E-state index in [4.69, 9.17) is 11.6 Å². The van der Waals surface area contributed by atoms with Crippen LogP contribution >= 0.6 is 22.9 Å². The van der Waals surface area contributed by atoms with Crippen molar-refractivity contribution in [2.24, 2.45) is 0 Å². The highest BCUT2D eigenvalue weighted by Gasteiger charge is 2.11. The van der Waals surface area contributed by atoms with Crippen LogP contribution in [-0.2, 0) is 17.8 Å². The zero-order valence-electron chi connectivity index (χ0n) is 13.7. The first-order chi connectivity index (χ1) is 12.6. The molecule has 1 aromatic heterocycles. The van der Waals surface area contributed by atoms with Gasteiger partial charge in [0, 0.05) is 22.5 Å². The van der Waals surface area contributed by atoms with E-state index >= 15 is 0 Å². The second kappa shape index (κ2) is 8.60. The van der Waals surface area contributed by atoms with Crippen LogP contribution in [0.3, 0.4) is 0 Å². The van der Waals surface area contributed by atoms with E-state index in [1.54, 1.807) is 35.7 Å². The number of hydrogen-bond donors (Lipinski definition) is 2. The zero-order chi connectivity index (χ0) is 18.4. The van der Waals surface area contributed by atoms with Crippen molar-refractivity contribution in [3.63, 3.8) is 0 Å². The van der Waals surface area contributed by atoms with Gasteiger partial charge in [0.05, 0.1) is 12.1 Å². The Morgan fingerprint density at radius 3 is 2.65 bits per heavy atom. The van der Waals surface area contributed by atoms with Crippen molar-refractivity contribution in [2.45, 2.75) is 13.0 Å². The van der Waals surface area contributed by atoms with Gasteiger partial charge < -0.3 is 5.32 Å². The molecular formula is C19H16ClN3O2S. The first-order valence-electron chi connectivity index (χ1n) is 7.92. The normalized spacial score (nSPS) is 10.3. The van der Waals surface area contributed by atoms with Crippen molar-refractivity contribution in [2.75, 3.05) is 5.32 Å². The van der Waals surface area contributed by atoms with Gasteiger partial charge in [-0.2, -0.15) is 0 Å². The highest BCUT2D eigenvalue weighted by Crippen LogP contribution is 2.17. The standard InChI is InChI=1S/C19H16ClN3O2S/c20-15-8-4-5-13(9-15)11-21-17(24)10-16-12-26-19(22-16)23-18(25)14-6-2-1-3-7-14/h1-9,12H,10-11H2,(H,21,24)(H,22,23,25). The Morgan fingerprint density at radius 1 is 1.08 bits per heavy atom. The van der Waals surface area contributed by atoms with E-state index in [0.717, 1.165) is 5.56 Å².